The van der Waals surface area contributed by atoms with Crippen molar-refractivity contribution >= 4 is 22.6 Å². The highest BCUT2D eigenvalue weighted by Crippen LogP contribution is 2.23. The molecule has 0 saturated carbocycles. The van der Waals surface area contributed by atoms with Gasteiger partial charge < -0.3 is 0 Å². The summed E-state index contributed by atoms with van der Waals surface area (Å²) >= 11 is 2.00. The molecule has 0 aliphatic heterocycles. The molecule has 1 heterocycles. The summed E-state index contributed by atoms with van der Waals surface area (Å²) in [6.07, 6.45) is 1.15. The summed E-state index contributed by atoms with van der Waals surface area (Å²) in [4.78, 5) is 3.97. The topological polar surface area (TPSA) is 12.9 Å². The fraction of sp³-hybridized carbons (Fsp3) is 0. The van der Waals surface area contributed by atoms with Crippen LogP contribution >= 0.6 is 22.6 Å². The Kier molecular flexibility index (Phi) is 2.95. The number of hydrogen-bond acceptors (Lipinski definition) is 1. The molecule has 2 rings (SSSR count). The molecule has 0 amide bonds. The van der Waals surface area contributed by atoms with Crippen LogP contribution in [0.3, 0.4) is 0 Å². The van der Waals surface area contributed by atoms with Crippen LogP contribution in [-0.2, 0) is 0 Å². The van der Waals surface area contributed by atoms with Crippen molar-refractivity contribution in [2.24, 2.45) is 0 Å². The van der Waals surface area contributed by atoms with Gasteiger partial charge in [0.15, 0.2) is 0 Å². The summed E-state index contributed by atoms with van der Waals surface area (Å²) in [5.74, 6) is -0.666. The summed E-state index contributed by atoms with van der Waals surface area (Å²) < 4.78 is 26.2. The van der Waals surface area contributed by atoms with Crippen molar-refractivity contribution < 1.29 is 8.78 Å². The van der Waals surface area contributed by atoms with E-state index >= 15 is 0 Å². The van der Waals surface area contributed by atoms with Gasteiger partial charge in [0.25, 0.3) is 0 Å². The summed E-state index contributed by atoms with van der Waals surface area (Å²) in [6, 6.07) is 7.36. The average Bonchev–Trinajstić information content (AvgIpc) is 2.20. The van der Waals surface area contributed by atoms with Gasteiger partial charge in [-0.05, 0) is 52.9 Å². The molecule has 15 heavy (non-hydrogen) atoms. The van der Waals surface area contributed by atoms with Gasteiger partial charge >= 0.3 is 0 Å². The molecular weight excluding hydrogens is 311 g/mol. The zero-order valence-corrected chi connectivity index (χ0v) is 9.70. The van der Waals surface area contributed by atoms with E-state index in [4.69, 9.17) is 0 Å². The zero-order chi connectivity index (χ0) is 10.8. The normalized spacial score (nSPS) is 10.3. The molecule has 2 aromatic rings. The third-order valence-corrected chi connectivity index (χ3v) is 2.75. The number of hydrogen-bond donors (Lipinski definition) is 0. The van der Waals surface area contributed by atoms with Crippen molar-refractivity contribution in [1.82, 2.24) is 4.98 Å². The lowest BCUT2D eigenvalue weighted by molar-refractivity contribution is 0.620. The largest absolute Gasteiger partial charge is 0.252 e. The summed E-state index contributed by atoms with van der Waals surface area (Å²) in [5, 5.41) is 0. The van der Waals surface area contributed by atoms with E-state index in [0.29, 0.717) is 9.26 Å². The summed E-state index contributed by atoms with van der Waals surface area (Å²) in [5.41, 5.74) is 1.44. The lowest BCUT2D eigenvalue weighted by atomic mass is 10.1. The van der Waals surface area contributed by atoms with E-state index in [2.05, 4.69) is 4.98 Å². The molecule has 0 saturated heterocycles. The van der Waals surface area contributed by atoms with E-state index in [0.717, 1.165) is 11.8 Å². The van der Waals surface area contributed by atoms with Gasteiger partial charge in [0.1, 0.15) is 11.6 Å². The standard InChI is InChI=1S/C11H6F2IN/c12-8-3-1-7(2-4-8)11-10(14)5-9(13)6-15-11/h1-6H. The SMILES string of the molecule is Fc1ccc(-c2ncc(F)cc2I)cc1. The minimum absolute atomic E-state index is 0.295. The molecule has 1 aromatic heterocycles. The number of nitrogens with zero attached hydrogens (tertiary/aromatic N) is 1. The molecule has 0 bridgehead atoms. The number of aromatic nitrogens is 1. The van der Waals surface area contributed by atoms with E-state index in [1.165, 1.54) is 18.2 Å². The first-order chi connectivity index (χ1) is 7.16. The first-order valence-corrected chi connectivity index (χ1v) is 5.31. The van der Waals surface area contributed by atoms with Gasteiger partial charge in [0, 0.05) is 9.13 Å². The Morgan fingerprint density at radius 2 is 1.67 bits per heavy atom. The number of rotatable bonds is 1. The molecule has 0 aliphatic carbocycles. The quantitative estimate of drug-likeness (QED) is 0.732. The van der Waals surface area contributed by atoms with Crippen LogP contribution in [0.5, 0.6) is 0 Å². The lowest BCUT2D eigenvalue weighted by Crippen LogP contribution is -1.89. The first-order valence-electron chi connectivity index (χ1n) is 4.24. The summed E-state index contributed by atoms with van der Waals surface area (Å²) in [7, 11) is 0. The molecule has 1 nitrogen and oxygen atoms in total. The maximum Gasteiger partial charge on any atom is 0.142 e. The van der Waals surface area contributed by atoms with E-state index < -0.39 is 0 Å². The predicted molar refractivity (Wildman–Crippen MR) is 62.3 cm³/mol. The maximum absolute atomic E-state index is 12.8. The predicted octanol–water partition coefficient (Wildman–Crippen LogP) is 3.63. The van der Waals surface area contributed by atoms with Crippen LogP contribution in [0.2, 0.25) is 0 Å². The number of pyridine rings is 1. The van der Waals surface area contributed by atoms with Crippen LogP contribution in [0.25, 0.3) is 11.3 Å². The van der Waals surface area contributed by atoms with E-state index in [9.17, 15) is 8.78 Å². The van der Waals surface area contributed by atoms with E-state index in [-0.39, 0.29) is 11.6 Å². The maximum atomic E-state index is 12.8. The van der Waals surface area contributed by atoms with Gasteiger partial charge in [-0.25, -0.2) is 8.78 Å². The van der Waals surface area contributed by atoms with E-state index in [1.807, 2.05) is 22.6 Å². The fourth-order valence-corrected chi connectivity index (χ4v) is 1.98. The van der Waals surface area contributed by atoms with Crippen LogP contribution < -0.4 is 0 Å². The fourth-order valence-electron chi connectivity index (χ4n) is 1.23. The number of halogens is 3. The second kappa shape index (κ2) is 4.22. The zero-order valence-electron chi connectivity index (χ0n) is 7.55. The first kappa shape index (κ1) is 10.5. The third-order valence-electron chi connectivity index (χ3n) is 1.93. The second-order valence-electron chi connectivity index (χ2n) is 2.99. The van der Waals surface area contributed by atoms with Crippen molar-refractivity contribution in [3.63, 3.8) is 0 Å². The van der Waals surface area contributed by atoms with Gasteiger partial charge in [-0.3, -0.25) is 4.98 Å². The number of benzene rings is 1. The molecule has 0 radical (unpaired) electrons. The van der Waals surface area contributed by atoms with Crippen molar-refractivity contribution in [3.05, 3.63) is 51.7 Å². The van der Waals surface area contributed by atoms with Crippen molar-refractivity contribution in [2.45, 2.75) is 0 Å². The van der Waals surface area contributed by atoms with Crippen LogP contribution in [0.15, 0.2) is 36.5 Å². The smallest absolute Gasteiger partial charge is 0.142 e. The molecule has 0 atom stereocenters. The van der Waals surface area contributed by atoms with Crippen molar-refractivity contribution in [2.75, 3.05) is 0 Å². The average molecular weight is 317 g/mol. The Bertz CT molecular complexity index is 482. The Morgan fingerprint density at radius 3 is 2.27 bits per heavy atom. The van der Waals surface area contributed by atoms with Crippen molar-refractivity contribution in [1.29, 1.82) is 0 Å². The highest BCUT2D eigenvalue weighted by molar-refractivity contribution is 14.1. The molecular formula is C11H6F2IN. The van der Waals surface area contributed by atoms with Gasteiger partial charge in [-0.1, -0.05) is 0 Å². The molecule has 0 aliphatic rings. The Morgan fingerprint density at radius 1 is 1.00 bits per heavy atom. The molecule has 0 fully saturated rings. The van der Waals surface area contributed by atoms with Gasteiger partial charge in [-0.15, -0.1) is 0 Å². The highest BCUT2D eigenvalue weighted by atomic mass is 127. The third kappa shape index (κ3) is 2.31. The molecule has 0 unspecified atom stereocenters. The highest BCUT2D eigenvalue weighted by Gasteiger charge is 2.05. The molecule has 1 aromatic carbocycles. The van der Waals surface area contributed by atoms with Gasteiger partial charge in [-0.2, -0.15) is 0 Å². The minimum atomic E-state index is -0.370. The molecule has 76 valence electrons. The van der Waals surface area contributed by atoms with Gasteiger partial charge in [0.05, 0.1) is 11.9 Å². The lowest BCUT2D eigenvalue weighted by Gasteiger charge is -2.03. The Hall–Kier alpha value is -1.04. The minimum Gasteiger partial charge on any atom is -0.252 e. The van der Waals surface area contributed by atoms with Crippen molar-refractivity contribution in [3.8, 4) is 11.3 Å². The van der Waals surface area contributed by atoms with Crippen LogP contribution in [0, 0.1) is 15.2 Å². The molecule has 0 spiro atoms. The van der Waals surface area contributed by atoms with Crippen LogP contribution in [0.4, 0.5) is 8.78 Å². The van der Waals surface area contributed by atoms with Crippen LogP contribution in [-0.4, -0.2) is 4.98 Å². The second-order valence-corrected chi connectivity index (χ2v) is 4.15. The Balaban J connectivity index is 2.49. The molecule has 4 heteroatoms. The molecule has 0 N–H and O–H groups in total. The summed E-state index contributed by atoms with van der Waals surface area (Å²) in [6.45, 7) is 0. The monoisotopic (exact) mass is 317 g/mol. The Labute approximate surface area is 99.3 Å². The van der Waals surface area contributed by atoms with Crippen LogP contribution in [0.1, 0.15) is 0 Å². The van der Waals surface area contributed by atoms with Gasteiger partial charge in [0.2, 0.25) is 0 Å². The van der Waals surface area contributed by atoms with E-state index in [1.54, 1.807) is 12.1 Å².